The molecule has 5 nitrogen and oxygen atoms in total. The number of alkyl halides is 1. The molecule has 4 rings (SSSR count). The third kappa shape index (κ3) is 3.50. The molecule has 6 heteroatoms. The van der Waals surface area contributed by atoms with Gasteiger partial charge in [0.05, 0.1) is 12.6 Å². The molecule has 1 aliphatic heterocycles. The van der Waals surface area contributed by atoms with Gasteiger partial charge in [0.25, 0.3) is 0 Å². The van der Waals surface area contributed by atoms with Crippen LogP contribution in [0.1, 0.15) is 47.6 Å². The number of carbonyl (C=O) groups is 1. The first-order chi connectivity index (χ1) is 12.6. The molecule has 0 N–H and O–H groups in total. The predicted octanol–water partition coefficient (Wildman–Crippen LogP) is 3.05. The van der Waals surface area contributed by atoms with E-state index in [1.165, 1.54) is 36.0 Å². The fraction of sp³-hybridized carbons (Fsp3) is 0.550. The average molecular weight is 373 g/mol. The lowest BCUT2D eigenvalue weighted by Crippen LogP contribution is -2.45. The van der Waals surface area contributed by atoms with Crippen LogP contribution >= 0.6 is 11.6 Å². The van der Waals surface area contributed by atoms with Crippen LogP contribution in [0.15, 0.2) is 18.2 Å². The molecule has 2 aliphatic rings. The number of aryl methyl sites for hydroxylation is 4. The lowest BCUT2D eigenvalue weighted by Gasteiger charge is -2.34. The van der Waals surface area contributed by atoms with Crippen molar-refractivity contribution >= 4 is 17.5 Å². The molecule has 0 saturated heterocycles. The van der Waals surface area contributed by atoms with Crippen LogP contribution < -0.4 is 0 Å². The van der Waals surface area contributed by atoms with Crippen molar-refractivity contribution < 1.29 is 4.79 Å². The first-order valence-corrected chi connectivity index (χ1v) is 10.0. The van der Waals surface area contributed by atoms with E-state index in [1.54, 1.807) is 0 Å². The second kappa shape index (κ2) is 7.39. The maximum Gasteiger partial charge on any atom is 0.238 e. The third-order valence-corrected chi connectivity index (χ3v) is 5.81. The highest BCUT2D eigenvalue weighted by Gasteiger charge is 2.29. The van der Waals surface area contributed by atoms with E-state index in [9.17, 15) is 4.79 Å². The molecule has 1 unspecified atom stereocenters. The van der Waals surface area contributed by atoms with Gasteiger partial charge >= 0.3 is 0 Å². The van der Waals surface area contributed by atoms with E-state index in [1.807, 2.05) is 16.5 Å². The van der Waals surface area contributed by atoms with E-state index in [-0.39, 0.29) is 17.8 Å². The first kappa shape index (κ1) is 17.5. The van der Waals surface area contributed by atoms with Crippen molar-refractivity contribution in [1.29, 1.82) is 0 Å². The number of halogens is 1. The summed E-state index contributed by atoms with van der Waals surface area (Å²) in [7, 11) is 0. The monoisotopic (exact) mass is 372 g/mol. The second-order valence-corrected chi connectivity index (χ2v) is 7.68. The van der Waals surface area contributed by atoms with Gasteiger partial charge in [-0.25, -0.2) is 9.67 Å². The summed E-state index contributed by atoms with van der Waals surface area (Å²) < 4.78 is 1.95. The van der Waals surface area contributed by atoms with E-state index in [2.05, 4.69) is 28.3 Å². The van der Waals surface area contributed by atoms with Gasteiger partial charge in [0.15, 0.2) is 0 Å². The average Bonchev–Trinajstić information content (AvgIpc) is 3.04. The summed E-state index contributed by atoms with van der Waals surface area (Å²) in [4.78, 5) is 19.0. The number of nitrogens with zero attached hydrogens (tertiary/aromatic N) is 4. The lowest BCUT2D eigenvalue weighted by atomic mass is 9.90. The van der Waals surface area contributed by atoms with Crippen molar-refractivity contribution in [1.82, 2.24) is 19.7 Å². The van der Waals surface area contributed by atoms with Crippen molar-refractivity contribution in [2.24, 2.45) is 0 Å². The fourth-order valence-corrected chi connectivity index (χ4v) is 4.40. The van der Waals surface area contributed by atoms with Gasteiger partial charge in [-0.3, -0.25) is 4.79 Å². The van der Waals surface area contributed by atoms with E-state index in [0.29, 0.717) is 13.1 Å². The van der Waals surface area contributed by atoms with Gasteiger partial charge < -0.3 is 4.90 Å². The van der Waals surface area contributed by atoms with Crippen LogP contribution in [0.2, 0.25) is 0 Å². The molecule has 0 saturated carbocycles. The Morgan fingerprint density at radius 1 is 1.27 bits per heavy atom. The number of carbonyl (C=O) groups excluding carboxylic acids is 1. The molecule has 0 radical (unpaired) electrons. The van der Waals surface area contributed by atoms with Gasteiger partial charge in [0.2, 0.25) is 5.91 Å². The van der Waals surface area contributed by atoms with Gasteiger partial charge in [0, 0.05) is 13.0 Å². The summed E-state index contributed by atoms with van der Waals surface area (Å²) in [6, 6.07) is 6.82. The molecule has 1 aliphatic carbocycles. The van der Waals surface area contributed by atoms with Crippen LogP contribution in [0.5, 0.6) is 0 Å². The largest absolute Gasteiger partial charge is 0.332 e. The minimum absolute atomic E-state index is 0.00493. The Hall–Kier alpha value is -1.88. The molecule has 1 aromatic carbocycles. The molecule has 26 heavy (non-hydrogen) atoms. The van der Waals surface area contributed by atoms with Gasteiger partial charge in [-0.1, -0.05) is 18.2 Å². The van der Waals surface area contributed by atoms with Gasteiger partial charge in [0.1, 0.15) is 17.5 Å². The highest BCUT2D eigenvalue weighted by Crippen LogP contribution is 2.25. The zero-order chi connectivity index (χ0) is 18.1. The van der Waals surface area contributed by atoms with Crippen molar-refractivity contribution in [2.75, 3.05) is 5.88 Å². The Morgan fingerprint density at radius 3 is 2.88 bits per heavy atom. The molecule has 1 aromatic heterocycles. The molecule has 2 aromatic rings. The Morgan fingerprint density at radius 2 is 2.08 bits per heavy atom. The van der Waals surface area contributed by atoms with E-state index >= 15 is 0 Å². The van der Waals surface area contributed by atoms with Crippen molar-refractivity contribution in [3.8, 4) is 0 Å². The van der Waals surface area contributed by atoms with Crippen molar-refractivity contribution in [2.45, 2.75) is 64.6 Å². The first-order valence-electron chi connectivity index (χ1n) is 9.50. The summed E-state index contributed by atoms with van der Waals surface area (Å²) in [5.74, 6) is 1.83. The van der Waals surface area contributed by atoms with Crippen LogP contribution in [0.3, 0.4) is 0 Å². The van der Waals surface area contributed by atoms with E-state index in [0.717, 1.165) is 30.9 Å². The SMILES string of the molecule is Cc1nc2n(n1)CC(N(Cc1ccc3c(c1)CCCC3)C(=O)CCl)CC2. The fourth-order valence-electron chi connectivity index (χ4n) is 4.25. The van der Waals surface area contributed by atoms with Gasteiger partial charge in [-0.05, 0) is 55.7 Å². The third-order valence-electron chi connectivity index (χ3n) is 5.58. The zero-order valence-corrected chi connectivity index (χ0v) is 16.0. The number of hydrogen-bond acceptors (Lipinski definition) is 3. The van der Waals surface area contributed by atoms with Crippen LogP contribution in [0.4, 0.5) is 0 Å². The molecular weight excluding hydrogens is 348 g/mol. The predicted molar refractivity (Wildman–Crippen MR) is 101 cm³/mol. The number of rotatable bonds is 4. The summed E-state index contributed by atoms with van der Waals surface area (Å²) in [6.45, 7) is 3.23. The van der Waals surface area contributed by atoms with E-state index in [4.69, 9.17) is 11.6 Å². The number of hydrogen-bond donors (Lipinski definition) is 0. The summed E-state index contributed by atoms with van der Waals surface area (Å²) in [5.41, 5.74) is 4.12. The van der Waals surface area contributed by atoms with Gasteiger partial charge in [-0.2, -0.15) is 5.10 Å². The highest BCUT2D eigenvalue weighted by atomic mass is 35.5. The van der Waals surface area contributed by atoms with Crippen LogP contribution in [0, 0.1) is 6.92 Å². The topological polar surface area (TPSA) is 51.0 Å². The summed E-state index contributed by atoms with van der Waals surface area (Å²) >= 11 is 5.93. The highest BCUT2D eigenvalue weighted by molar-refractivity contribution is 6.27. The molecule has 0 spiro atoms. The minimum Gasteiger partial charge on any atom is -0.332 e. The molecular formula is C20H25ClN4O. The standard InChI is InChI=1S/C20H25ClN4O/c1-14-22-19-9-8-18(13-25(19)23-14)24(20(26)11-21)12-15-6-7-16-4-2-3-5-17(16)10-15/h6-7,10,18H,2-5,8-9,11-13H2,1H3. The summed E-state index contributed by atoms with van der Waals surface area (Å²) in [5, 5.41) is 4.47. The molecule has 0 fully saturated rings. The quantitative estimate of drug-likeness (QED) is 0.775. The van der Waals surface area contributed by atoms with Crippen LogP contribution in [0.25, 0.3) is 0 Å². The normalized spacial score (nSPS) is 18.9. The van der Waals surface area contributed by atoms with Crippen molar-refractivity contribution in [3.63, 3.8) is 0 Å². The van der Waals surface area contributed by atoms with Crippen LogP contribution in [-0.2, 0) is 37.1 Å². The molecule has 1 amide bonds. The smallest absolute Gasteiger partial charge is 0.238 e. The molecule has 2 heterocycles. The molecule has 138 valence electrons. The Bertz CT molecular complexity index is 816. The molecule has 1 atom stereocenters. The maximum absolute atomic E-state index is 12.6. The lowest BCUT2D eigenvalue weighted by molar-refractivity contribution is -0.132. The second-order valence-electron chi connectivity index (χ2n) is 7.42. The Kier molecular flexibility index (Phi) is 4.98. The maximum atomic E-state index is 12.6. The van der Waals surface area contributed by atoms with E-state index < -0.39 is 0 Å². The van der Waals surface area contributed by atoms with Crippen molar-refractivity contribution in [3.05, 3.63) is 46.5 Å². The molecule has 0 bridgehead atoms. The number of amides is 1. The number of benzene rings is 1. The minimum atomic E-state index is -0.00493. The Balaban J connectivity index is 1.55. The number of fused-ring (bicyclic) bond motifs is 2. The summed E-state index contributed by atoms with van der Waals surface area (Å²) in [6.07, 6.45) is 6.63. The Labute approximate surface area is 159 Å². The number of aromatic nitrogens is 3. The zero-order valence-electron chi connectivity index (χ0n) is 15.2. The van der Waals surface area contributed by atoms with Gasteiger partial charge in [-0.15, -0.1) is 11.6 Å². The van der Waals surface area contributed by atoms with Crippen LogP contribution in [-0.4, -0.2) is 37.5 Å².